The zero-order valence-electron chi connectivity index (χ0n) is 16.2. The molecule has 0 saturated heterocycles. The van der Waals surface area contributed by atoms with Gasteiger partial charge in [-0.05, 0) is 38.1 Å². The lowest BCUT2D eigenvalue weighted by Gasteiger charge is -2.04. The van der Waals surface area contributed by atoms with Crippen LogP contribution in [0.4, 0.5) is 0 Å². The fourth-order valence-electron chi connectivity index (χ4n) is 2.81. The third-order valence-corrected chi connectivity index (χ3v) is 4.41. The topological polar surface area (TPSA) is 117 Å². The maximum absolute atomic E-state index is 12.2. The van der Waals surface area contributed by atoms with E-state index in [1.165, 1.54) is 24.3 Å². The lowest BCUT2D eigenvalue weighted by Crippen LogP contribution is -2.19. The maximum Gasteiger partial charge on any atom is 0.335 e. The highest BCUT2D eigenvalue weighted by Crippen LogP contribution is 2.32. The van der Waals surface area contributed by atoms with Gasteiger partial charge in [0.2, 0.25) is 0 Å². The van der Waals surface area contributed by atoms with E-state index in [2.05, 4.69) is 15.6 Å². The number of benzene rings is 2. The van der Waals surface area contributed by atoms with Gasteiger partial charge in [-0.2, -0.15) is 10.2 Å². The second-order valence-electron chi connectivity index (χ2n) is 6.56. The van der Waals surface area contributed by atoms with Gasteiger partial charge >= 0.3 is 5.97 Å². The second-order valence-corrected chi connectivity index (χ2v) is 6.56. The first-order chi connectivity index (χ1) is 13.8. The molecule has 1 amide bonds. The number of nitrogens with one attached hydrogen (secondary N) is 1. The third kappa shape index (κ3) is 4.16. The first kappa shape index (κ1) is 19.8. The highest BCUT2D eigenvalue weighted by Gasteiger charge is 2.19. The van der Waals surface area contributed by atoms with Gasteiger partial charge in [-0.3, -0.25) is 9.48 Å². The van der Waals surface area contributed by atoms with Crippen molar-refractivity contribution in [2.75, 3.05) is 0 Å². The Hall–Kier alpha value is -3.94. The zero-order valence-corrected chi connectivity index (χ0v) is 16.2. The number of hydrogen-bond donors (Lipinski definition) is 3. The van der Waals surface area contributed by atoms with Gasteiger partial charge in [0.1, 0.15) is 5.69 Å². The number of carbonyl (C=O) groups is 2. The Bertz CT molecular complexity index is 1100. The summed E-state index contributed by atoms with van der Waals surface area (Å²) in [5, 5.41) is 27.9. The van der Waals surface area contributed by atoms with Gasteiger partial charge in [0, 0.05) is 18.2 Å². The highest BCUT2D eigenvalue weighted by molar-refractivity contribution is 6.02. The number of aromatic nitrogens is 2. The minimum atomic E-state index is -1.07. The number of rotatable bonds is 5. The number of carboxylic acid groups (broad SMARTS) is 1. The molecule has 0 aliphatic carbocycles. The van der Waals surface area contributed by atoms with Crippen LogP contribution in [0.25, 0.3) is 11.3 Å². The first-order valence-corrected chi connectivity index (χ1v) is 8.79. The van der Waals surface area contributed by atoms with Crippen molar-refractivity contribution in [3.63, 3.8) is 0 Å². The van der Waals surface area contributed by atoms with Crippen LogP contribution >= 0.6 is 0 Å². The van der Waals surface area contributed by atoms with Gasteiger partial charge in [-0.25, -0.2) is 10.2 Å². The largest absolute Gasteiger partial charge is 0.504 e. The van der Waals surface area contributed by atoms with Crippen LogP contribution in [0, 0.1) is 6.92 Å². The molecule has 2 aromatic carbocycles. The Labute approximate surface area is 167 Å². The van der Waals surface area contributed by atoms with Crippen molar-refractivity contribution in [2.45, 2.75) is 13.8 Å². The Balaban J connectivity index is 1.81. The molecule has 0 unspecified atom stereocenters. The van der Waals surface area contributed by atoms with Gasteiger partial charge in [-0.15, -0.1) is 0 Å². The lowest BCUT2D eigenvalue weighted by atomic mass is 10.1. The molecular weight excluding hydrogens is 372 g/mol. The van der Waals surface area contributed by atoms with E-state index in [4.69, 9.17) is 5.11 Å². The monoisotopic (exact) mass is 392 g/mol. The summed E-state index contributed by atoms with van der Waals surface area (Å²) in [6, 6.07) is 13.2. The summed E-state index contributed by atoms with van der Waals surface area (Å²) in [7, 11) is 1.72. The predicted octanol–water partition coefficient (Wildman–Crippen LogP) is 2.95. The summed E-state index contributed by atoms with van der Waals surface area (Å²) < 4.78 is 1.56. The minimum absolute atomic E-state index is 0.0299. The molecule has 0 aliphatic heterocycles. The molecule has 3 aromatic rings. The summed E-state index contributed by atoms with van der Waals surface area (Å²) in [5.41, 5.74) is 5.78. The molecule has 148 valence electrons. The number of aromatic hydroxyl groups is 1. The van der Waals surface area contributed by atoms with E-state index in [9.17, 15) is 14.7 Å². The van der Waals surface area contributed by atoms with Crippen LogP contribution in [0.2, 0.25) is 0 Å². The second kappa shape index (κ2) is 7.97. The lowest BCUT2D eigenvalue weighted by molar-refractivity contribution is 0.0696. The molecule has 1 heterocycles. The normalized spacial score (nSPS) is 11.3. The molecule has 8 nitrogen and oxygen atoms in total. The maximum atomic E-state index is 12.2. The molecule has 3 N–H and O–H groups in total. The average molecular weight is 392 g/mol. The van der Waals surface area contributed by atoms with Crippen LogP contribution in [0.1, 0.15) is 38.9 Å². The molecule has 0 atom stereocenters. The van der Waals surface area contributed by atoms with Gasteiger partial charge in [-0.1, -0.05) is 29.8 Å². The van der Waals surface area contributed by atoms with Crippen LogP contribution in [0.15, 0.2) is 53.6 Å². The number of amides is 1. The molecule has 29 heavy (non-hydrogen) atoms. The standard InChI is InChI=1S/C21H20N4O4/c1-12-4-6-14(7-5-12)18-19(26)17(24-25(18)3)13(2)22-23-20(27)15-8-10-16(11-9-15)21(28)29/h4-11,26H,1-3H3,(H,23,27)(H,28,29)/b22-13-. The Morgan fingerprint density at radius 1 is 1.03 bits per heavy atom. The van der Waals surface area contributed by atoms with E-state index in [1.54, 1.807) is 18.7 Å². The van der Waals surface area contributed by atoms with Crippen molar-refractivity contribution in [3.05, 3.63) is 70.9 Å². The van der Waals surface area contributed by atoms with Crippen LogP contribution in [0.3, 0.4) is 0 Å². The minimum Gasteiger partial charge on any atom is -0.504 e. The summed E-state index contributed by atoms with van der Waals surface area (Å²) in [6.07, 6.45) is 0. The number of carboxylic acids is 1. The molecule has 0 fully saturated rings. The van der Waals surface area contributed by atoms with Crippen molar-refractivity contribution in [3.8, 4) is 17.0 Å². The number of carbonyl (C=O) groups excluding carboxylic acids is 1. The summed E-state index contributed by atoms with van der Waals surface area (Å²) >= 11 is 0. The van der Waals surface area contributed by atoms with E-state index in [1.807, 2.05) is 31.2 Å². The fraction of sp³-hybridized carbons (Fsp3) is 0.143. The number of aryl methyl sites for hydroxylation is 2. The molecule has 0 spiro atoms. The molecule has 0 bridgehead atoms. The van der Waals surface area contributed by atoms with Crippen LogP contribution in [-0.4, -0.2) is 37.6 Å². The third-order valence-electron chi connectivity index (χ3n) is 4.41. The number of hydrazone groups is 1. The SMILES string of the molecule is C/C(=N/NC(=O)c1ccc(C(=O)O)cc1)c1nn(C)c(-c2ccc(C)cc2)c1O. The van der Waals surface area contributed by atoms with Crippen LogP contribution in [0.5, 0.6) is 5.75 Å². The molecule has 1 aromatic heterocycles. The first-order valence-electron chi connectivity index (χ1n) is 8.79. The zero-order chi connectivity index (χ0) is 21.1. The van der Waals surface area contributed by atoms with Crippen molar-refractivity contribution >= 4 is 17.6 Å². The van der Waals surface area contributed by atoms with E-state index in [0.717, 1.165) is 11.1 Å². The van der Waals surface area contributed by atoms with E-state index in [0.29, 0.717) is 11.4 Å². The van der Waals surface area contributed by atoms with Gasteiger partial charge < -0.3 is 10.2 Å². The van der Waals surface area contributed by atoms with Crippen molar-refractivity contribution in [1.82, 2.24) is 15.2 Å². The Morgan fingerprint density at radius 3 is 2.21 bits per heavy atom. The number of nitrogens with zero attached hydrogens (tertiary/aromatic N) is 3. The molecule has 8 heteroatoms. The van der Waals surface area contributed by atoms with Crippen LogP contribution < -0.4 is 5.43 Å². The highest BCUT2D eigenvalue weighted by atomic mass is 16.4. The van der Waals surface area contributed by atoms with Crippen molar-refractivity contribution in [2.24, 2.45) is 12.1 Å². The summed E-state index contributed by atoms with van der Waals surface area (Å²) in [4.78, 5) is 23.1. The smallest absolute Gasteiger partial charge is 0.335 e. The quantitative estimate of drug-likeness (QED) is 0.456. The van der Waals surface area contributed by atoms with Crippen molar-refractivity contribution < 1.29 is 19.8 Å². The number of hydrogen-bond acceptors (Lipinski definition) is 5. The van der Waals surface area contributed by atoms with Gasteiger partial charge in [0.25, 0.3) is 5.91 Å². The Kier molecular flexibility index (Phi) is 5.45. The summed E-state index contributed by atoms with van der Waals surface area (Å²) in [6.45, 7) is 3.60. The van der Waals surface area contributed by atoms with E-state index >= 15 is 0 Å². The van der Waals surface area contributed by atoms with Gasteiger partial charge in [0.15, 0.2) is 11.4 Å². The fourth-order valence-corrected chi connectivity index (χ4v) is 2.81. The molecule has 0 radical (unpaired) electrons. The molecule has 3 rings (SSSR count). The van der Waals surface area contributed by atoms with Gasteiger partial charge in [0.05, 0.1) is 11.3 Å². The Morgan fingerprint density at radius 2 is 1.62 bits per heavy atom. The molecule has 0 aliphatic rings. The molecule has 0 saturated carbocycles. The average Bonchev–Trinajstić information content (AvgIpc) is 3.01. The van der Waals surface area contributed by atoms with Crippen LogP contribution in [-0.2, 0) is 7.05 Å². The van der Waals surface area contributed by atoms with E-state index in [-0.39, 0.29) is 22.6 Å². The predicted molar refractivity (Wildman–Crippen MR) is 108 cm³/mol. The van der Waals surface area contributed by atoms with Crippen molar-refractivity contribution in [1.29, 1.82) is 0 Å². The number of aromatic carboxylic acids is 1. The summed E-state index contributed by atoms with van der Waals surface area (Å²) in [5.74, 6) is -1.60. The van der Waals surface area contributed by atoms with E-state index < -0.39 is 11.9 Å². The molecular formula is C21H20N4O4.